The van der Waals surface area contributed by atoms with Gasteiger partial charge < -0.3 is 25.2 Å². The van der Waals surface area contributed by atoms with E-state index in [0.29, 0.717) is 6.42 Å². The van der Waals surface area contributed by atoms with Crippen molar-refractivity contribution in [3.63, 3.8) is 0 Å². The zero-order valence-corrected chi connectivity index (χ0v) is 15.7. The number of unbranched alkanes of at least 4 members (excludes halogenated alkanes) is 1. The molecular weight excluding hydrogens is 388 g/mol. The molecule has 0 spiro atoms. The number of nitrogens with one attached hydrogen (secondary N) is 1. The van der Waals surface area contributed by atoms with Crippen LogP contribution in [0.1, 0.15) is 26.2 Å². The van der Waals surface area contributed by atoms with Crippen LogP contribution < -0.4 is 11.1 Å². The first-order valence-corrected chi connectivity index (χ1v) is 9.13. The average Bonchev–Trinajstić information content (AvgIpc) is 3.22. The summed E-state index contributed by atoms with van der Waals surface area (Å²) in [5.74, 6) is -4.00. The van der Waals surface area contributed by atoms with Gasteiger partial charge in [0.05, 0.1) is 6.61 Å². The van der Waals surface area contributed by atoms with Crippen molar-refractivity contribution in [1.29, 1.82) is 0 Å². The molecule has 0 bridgehead atoms. The van der Waals surface area contributed by atoms with Gasteiger partial charge in [-0.25, -0.2) is 9.98 Å². The smallest absolute Gasteiger partial charge is 0.283 e. The summed E-state index contributed by atoms with van der Waals surface area (Å²) in [5.41, 5.74) is 3.14. The largest absolute Gasteiger partial charge is 0.394 e. The Morgan fingerprint density at radius 2 is 2.17 bits per heavy atom. The van der Waals surface area contributed by atoms with Gasteiger partial charge in [0.2, 0.25) is 5.91 Å². The standard InChI is InChI=1S/C16H24N6O7/c1-2-3-4-9(24)21-14(27)15(12(26)10(25)8(5-23)29-15)22-7-19-11-13(22)18-6-20-16(11,17)28/h6,8,10,12,23,25-26,28H,2-5,7,17H2,1H3,(H,21,24,27)/t8-,10-,12-,15+,16?/m1/s1. The molecule has 1 unspecified atom stereocenters. The van der Waals surface area contributed by atoms with E-state index in [1.807, 2.05) is 6.92 Å². The highest BCUT2D eigenvalue weighted by molar-refractivity contribution is 6.47. The maximum atomic E-state index is 13.1. The number of amidine groups is 1. The number of rotatable bonds is 6. The summed E-state index contributed by atoms with van der Waals surface area (Å²) in [6.07, 6.45) is -2.55. The third-order valence-electron chi connectivity index (χ3n) is 4.97. The molecule has 5 atom stereocenters. The Labute approximate surface area is 165 Å². The van der Waals surface area contributed by atoms with Gasteiger partial charge in [-0.3, -0.25) is 30.5 Å². The van der Waals surface area contributed by atoms with E-state index in [4.69, 9.17) is 10.5 Å². The molecule has 7 N–H and O–H groups in total. The van der Waals surface area contributed by atoms with Gasteiger partial charge in [-0.1, -0.05) is 13.3 Å². The summed E-state index contributed by atoms with van der Waals surface area (Å²) in [6, 6.07) is 0. The predicted octanol–water partition coefficient (Wildman–Crippen LogP) is -3.61. The summed E-state index contributed by atoms with van der Waals surface area (Å²) in [6.45, 7) is 0.839. The summed E-state index contributed by atoms with van der Waals surface area (Å²) >= 11 is 0. The number of nitrogens with zero attached hydrogens (tertiary/aromatic N) is 4. The molecule has 0 radical (unpaired) electrons. The predicted molar refractivity (Wildman–Crippen MR) is 98.6 cm³/mol. The van der Waals surface area contributed by atoms with Crippen LogP contribution in [0.5, 0.6) is 0 Å². The van der Waals surface area contributed by atoms with Crippen LogP contribution in [0.3, 0.4) is 0 Å². The van der Waals surface area contributed by atoms with E-state index in [1.54, 1.807) is 0 Å². The van der Waals surface area contributed by atoms with Gasteiger partial charge in [0.15, 0.2) is 5.84 Å². The van der Waals surface area contributed by atoms with E-state index >= 15 is 0 Å². The third-order valence-corrected chi connectivity index (χ3v) is 4.97. The fourth-order valence-electron chi connectivity index (χ4n) is 3.41. The lowest BCUT2D eigenvalue weighted by molar-refractivity contribution is -0.183. The van der Waals surface area contributed by atoms with Crippen LogP contribution in [0.15, 0.2) is 15.0 Å². The van der Waals surface area contributed by atoms with Crippen molar-refractivity contribution in [3.05, 3.63) is 0 Å². The zero-order valence-electron chi connectivity index (χ0n) is 15.7. The average molecular weight is 412 g/mol. The van der Waals surface area contributed by atoms with E-state index in [0.717, 1.165) is 17.7 Å². The van der Waals surface area contributed by atoms with Crippen molar-refractivity contribution in [2.24, 2.45) is 20.7 Å². The van der Waals surface area contributed by atoms with Crippen LogP contribution in [0.2, 0.25) is 0 Å². The highest BCUT2D eigenvalue weighted by Gasteiger charge is 2.65. The molecule has 0 aromatic rings. The van der Waals surface area contributed by atoms with Crippen LogP contribution in [-0.4, -0.2) is 98.2 Å². The maximum Gasteiger partial charge on any atom is 0.283 e. The van der Waals surface area contributed by atoms with Crippen LogP contribution in [0, 0.1) is 0 Å². The molecule has 3 aliphatic rings. The number of carbonyl (C=O) groups excluding carboxylic acids is 2. The van der Waals surface area contributed by atoms with Crippen LogP contribution in [0.25, 0.3) is 0 Å². The molecule has 0 aromatic heterocycles. The van der Waals surface area contributed by atoms with Crippen molar-refractivity contribution in [3.8, 4) is 0 Å². The molecule has 0 aliphatic carbocycles. The molecular formula is C16H24N6O7. The molecule has 0 saturated carbocycles. The Hall–Kier alpha value is -2.29. The molecule has 0 aromatic carbocycles. The lowest BCUT2D eigenvalue weighted by atomic mass is 9.99. The number of aliphatic hydroxyl groups is 4. The molecule has 3 heterocycles. The molecule has 3 aliphatic heterocycles. The quantitative estimate of drug-likeness (QED) is 0.238. The molecule has 29 heavy (non-hydrogen) atoms. The summed E-state index contributed by atoms with van der Waals surface area (Å²) in [5, 5.41) is 42.8. The second kappa shape index (κ2) is 7.85. The SMILES string of the molecule is CCCCC(=O)NC(=O)[C@@]1(N2CN=C3C2=NC=NC3(N)O)O[C@H](CO)[C@@H](O)[C@H]1O. The van der Waals surface area contributed by atoms with Crippen molar-refractivity contribution in [2.45, 2.75) is 56.1 Å². The number of fused-ring (bicyclic) bond motifs is 1. The van der Waals surface area contributed by atoms with Crippen LogP contribution in [-0.2, 0) is 14.3 Å². The number of aliphatic imine (C=N–C) groups is 3. The van der Waals surface area contributed by atoms with Crippen LogP contribution in [0.4, 0.5) is 0 Å². The number of ether oxygens (including phenoxy) is 1. The Bertz CT molecular complexity index is 782. The second-order valence-corrected chi connectivity index (χ2v) is 6.95. The van der Waals surface area contributed by atoms with Gasteiger partial charge in [0.1, 0.15) is 37.0 Å². The summed E-state index contributed by atoms with van der Waals surface area (Å²) in [4.78, 5) is 37.9. The number of carbonyl (C=O) groups is 2. The fourth-order valence-corrected chi connectivity index (χ4v) is 3.41. The minimum atomic E-state index is -2.35. The highest BCUT2D eigenvalue weighted by atomic mass is 16.6. The van der Waals surface area contributed by atoms with Crippen molar-refractivity contribution >= 4 is 29.7 Å². The van der Waals surface area contributed by atoms with E-state index in [2.05, 4.69) is 20.3 Å². The second-order valence-electron chi connectivity index (χ2n) is 6.95. The van der Waals surface area contributed by atoms with Gasteiger partial charge in [-0.2, -0.15) is 0 Å². The minimum absolute atomic E-state index is 0.0678. The van der Waals surface area contributed by atoms with E-state index in [1.165, 1.54) is 0 Å². The third kappa shape index (κ3) is 3.45. The molecule has 1 fully saturated rings. The number of imide groups is 1. The van der Waals surface area contributed by atoms with Crippen LogP contribution >= 0.6 is 0 Å². The van der Waals surface area contributed by atoms with Crippen molar-refractivity contribution in [1.82, 2.24) is 10.2 Å². The van der Waals surface area contributed by atoms with Crippen molar-refractivity contribution in [2.75, 3.05) is 13.3 Å². The van der Waals surface area contributed by atoms with E-state index in [-0.39, 0.29) is 24.6 Å². The molecule has 3 rings (SSSR count). The van der Waals surface area contributed by atoms with Gasteiger partial charge in [0, 0.05) is 6.42 Å². The maximum absolute atomic E-state index is 13.1. The first-order valence-electron chi connectivity index (χ1n) is 9.13. The van der Waals surface area contributed by atoms with E-state index < -0.39 is 48.3 Å². The van der Waals surface area contributed by atoms with Crippen molar-refractivity contribution < 1.29 is 34.8 Å². The monoisotopic (exact) mass is 412 g/mol. The number of hydrogen-bond acceptors (Lipinski definition) is 12. The van der Waals surface area contributed by atoms with Gasteiger partial charge in [0.25, 0.3) is 17.5 Å². The Kier molecular flexibility index (Phi) is 5.80. The van der Waals surface area contributed by atoms with E-state index in [9.17, 15) is 30.0 Å². The molecule has 160 valence electrons. The number of hydrogen-bond donors (Lipinski definition) is 6. The molecule has 2 amide bonds. The Morgan fingerprint density at radius 1 is 1.45 bits per heavy atom. The first kappa shape index (κ1) is 21.4. The number of amides is 2. The molecule has 1 saturated heterocycles. The number of nitrogens with two attached hydrogens (primary N) is 1. The van der Waals surface area contributed by atoms with Gasteiger partial charge in [-0.15, -0.1) is 0 Å². The fraction of sp³-hybridized carbons (Fsp3) is 0.688. The topological polar surface area (TPSA) is 203 Å². The van der Waals surface area contributed by atoms with Gasteiger partial charge in [-0.05, 0) is 6.42 Å². The Balaban J connectivity index is 1.98. The highest BCUT2D eigenvalue weighted by Crippen LogP contribution is 2.37. The molecule has 13 nitrogen and oxygen atoms in total. The number of aliphatic hydroxyl groups excluding tert-OH is 3. The minimum Gasteiger partial charge on any atom is -0.394 e. The lowest BCUT2D eigenvalue weighted by Crippen LogP contribution is -2.68. The lowest BCUT2D eigenvalue weighted by Gasteiger charge is -2.40. The summed E-state index contributed by atoms with van der Waals surface area (Å²) < 4.78 is 5.58. The van der Waals surface area contributed by atoms with Gasteiger partial charge >= 0.3 is 0 Å². The Morgan fingerprint density at radius 3 is 2.79 bits per heavy atom. The first-order chi connectivity index (χ1) is 13.7. The normalized spacial score (nSPS) is 35.9. The summed E-state index contributed by atoms with van der Waals surface area (Å²) in [7, 11) is 0. The molecule has 13 heteroatoms. The zero-order chi connectivity index (χ0) is 21.4.